The molecule has 1 aromatic heterocycles. The minimum atomic E-state index is -0.830. The lowest BCUT2D eigenvalue weighted by Crippen LogP contribution is -2.24. The third-order valence-electron chi connectivity index (χ3n) is 3.67. The van der Waals surface area contributed by atoms with Crippen LogP contribution in [0, 0.1) is 0 Å². The number of thioether (sulfide) groups is 1. The molecule has 0 radical (unpaired) electrons. The molecule has 0 saturated heterocycles. The number of rotatable bonds is 7. The first kappa shape index (κ1) is 18.4. The van der Waals surface area contributed by atoms with E-state index in [1.165, 1.54) is 0 Å². The standard InChI is InChI=1S/C20H17NO3S2/c1-14(19(22)15-5-3-2-4-6-15)24-20(23)16-7-9-18(10-8-16)26-12-17-11-25-13-21-17/h2-11,13-14H,12H2,1H3. The molecule has 0 saturated carbocycles. The quantitative estimate of drug-likeness (QED) is 0.331. The number of ether oxygens (including phenoxy) is 1. The van der Waals surface area contributed by atoms with Crippen molar-refractivity contribution < 1.29 is 14.3 Å². The number of nitrogens with zero attached hydrogens (tertiary/aromatic N) is 1. The van der Waals surface area contributed by atoms with E-state index >= 15 is 0 Å². The van der Waals surface area contributed by atoms with Crippen LogP contribution in [0.3, 0.4) is 0 Å². The van der Waals surface area contributed by atoms with E-state index in [0.29, 0.717) is 11.1 Å². The van der Waals surface area contributed by atoms with Gasteiger partial charge in [-0.2, -0.15) is 0 Å². The van der Waals surface area contributed by atoms with Gasteiger partial charge in [-0.1, -0.05) is 30.3 Å². The van der Waals surface area contributed by atoms with Gasteiger partial charge >= 0.3 is 5.97 Å². The van der Waals surface area contributed by atoms with Crippen LogP contribution in [0.4, 0.5) is 0 Å². The Hall–Kier alpha value is -2.44. The fourth-order valence-electron chi connectivity index (χ4n) is 2.27. The molecule has 0 aliphatic heterocycles. The molecule has 3 aromatic rings. The second-order valence-corrected chi connectivity index (χ2v) is 7.34. The maximum absolute atomic E-state index is 12.3. The van der Waals surface area contributed by atoms with Gasteiger partial charge in [0.05, 0.1) is 16.8 Å². The van der Waals surface area contributed by atoms with Gasteiger partial charge in [-0.3, -0.25) is 4.79 Å². The predicted octanol–water partition coefficient (Wildman–Crippen LogP) is 4.86. The topological polar surface area (TPSA) is 56.3 Å². The lowest BCUT2D eigenvalue weighted by Gasteiger charge is -2.12. The van der Waals surface area contributed by atoms with Crippen molar-refractivity contribution in [2.24, 2.45) is 0 Å². The van der Waals surface area contributed by atoms with E-state index in [2.05, 4.69) is 4.98 Å². The minimum absolute atomic E-state index is 0.214. The van der Waals surface area contributed by atoms with Gasteiger partial charge in [-0.05, 0) is 31.2 Å². The van der Waals surface area contributed by atoms with E-state index in [-0.39, 0.29) is 5.78 Å². The van der Waals surface area contributed by atoms with E-state index in [1.807, 2.05) is 29.1 Å². The van der Waals surface area contributed by atoms with Crippen LogP contribution in [0.25, 0.3) is 0 Å². The molecular weight excluding hydrogens is 366 g/mol. The first-order valence-electron chi connectivity index (χ1n) is 8.03. The average Bonchev–Trinajstić information content (AvgIpc) is 3.20. The first-order valence-corrected chi connectivity index (χ1v) is 9.96. The summed E-state index contributed by atoms with van der Waals surface area (Å²) < 4.78 is 5.31. The Labute approximate surface area is 160 Å². The highest BCUT2D eigenvalue weighted by atomic mass is 32.2. The van der Waals surface area contributed by atoms with Crippen molar-refractivity contribution in [1.82, 2.24) is 4.98 Å². The summed E-state index contributed by atoms with van der Waals surface area (Å²) in [4.78, 5) is 29.8. The number of aromatic nitrogens is 1. The lowest BCUT2D eigenvalue weighted by molar-refractivity contribution is 0.0319. The highest BCUT2D eigenvalue weighted by molar-refractivity contribution is 7.98. The maximum atomic E-state index is 12.3. The normalized spacial score (nSPS) is 11.7. The number of hydrogen-bond donors (Lipinski definition) is 0. The van der Waals surface area contributed by atoms with E-state index in [0.717, 1.165) is 16.3 Å². The molecule has 1 unspecified atom stereocenters. The minimum Gasteiger partial charge on any atom is -0.451 e. The molecule has 6 heteroatoms. The SMILES string of the molecule is CC(OC(=O)c1ccc(SCc2cscn2)cc1)C(=O)c1ccccc1. The molecule has 0 aliphatic rings. The van der Waals surface area contributed by atoms with E-state index in [1.54, 1.807) is 66.4 Å². The molecule has 2 aromatic carbocycles. The molecule has 0 amide bonds. The fraction of sp³-hybridized carbons (Fsp3) is 0.150. The molecule has 0 spiro atoms. The summed E-state index contributed by atoms with van der Waals surface area (Å²) in [6, 6.07) is 16.0. The van der Waals surface area contributed by atoms with E-state index in [4.69, 9.17) is 4.74 Å². The van der Waals surface area contributed by atoms with Crippen molar-refractivity contribution in [3.05, 3.63) is 82.3 Å². The van der Waals surface area contributed by atoms with Crippen molar-refractivity contribution in [1.29, 1.82) is 0 Å². The fourth-order valence-corrected chi connectivity index (χ4v) is 3.74. The van der Waals surface area contributed by atoms with Crippen LogP contribution in [0.15, 0.2) is 70.4 Å². The Kier molecular flexibility index (Phi) is 6.20. The summed E-state index contributed by atoms with van der Waals surface area (Å²) in [5, 5.41) is 2.02. The summed E-state index contributed by atoms with van der Waals surface area (Å²) in [6.07, 6.45) is -0.830. The number of hydrogen-bond acceptors (Lipinski definition) is 6. The van der Waals surface area contributed by atoms with Gasteiger partial charge in [0.2, 0.25) is 5.78 Å². The Bertz CT molecular complexity index is 862. The van der Waals surface area contributed by atoms with Crippen molar-refractivity contribution in [2.45, 2.75) is 23.7 Å². The maximum Gasteiger partial charge on any atom is 0.338 e. The zero-order valence-electron chi connectivity index (χ0n) is 14.1. The Morgan fingerprint density at radius 1 is 1.08 bits per heavy atom. The molecular formula is C20H17NO3S2. The lowest BCUT2D eigenvalue weighted by atomic mass is 10.1. The molecule has 0 N–H and O–H groups in total. The van der Waals surface area contributed by atoms with Gasteiger partial charge in [0.25, 0.3) is 0 Å². The summed E-state index contributed by atoms with van der Waals surface area (Å²) >= 11 is 3.23. The number of carbonyl (C=O) groups excluding carboxylic acids is 2. The summed E-state index contributed by atoms with van der Waals surface area (Å²) in [5.41, 5.74) is 3.81. The van der Waals surface area contributed by atoms with Crippen molar-refractivity contribution in [3.63, 3.8) is 0 Å². The second-order valence-electron chi connectivity index (χ2n) is 5.57. The number of ketones is 1. The Balaban J connectivity index is 1.56. The monoisotopic (exact) mass is 383 g/mol. The zero-order chi connectivity index (χ0) is 18.4. The molecule has 0 fully saturated rings. The Morgan fingerprint density at radius 3 is 2.46 bits per heavy atom. The number of carbonyl (C=O) groups is 2. The van der Waals surface area contributed by atoms with Gasteiger partial charge in [-0.25, -0.2) is 9.78 Å². The van der Waals surface area contributed by atoms with E-state index in [9.17, 15) is 9.59 Å². The van der Waals surface area contributed by atoms with Crippen molar-refractivity contribution in [3.8, 4) is 0 Å². The van der Waals surface area contributed by atoms with Crippen LogP contribution in [0.2, 0.25) is 0 Å². The smallest absolute Gasteiger partial charge is 0.338 e. The average molecular weight is 383 g/mol. The highest BCUT2D eigenvalue weighted by Gasteiger charge is 2.20. The molecule has 3 rings (SSSR count). The van der Waals surface area contributed by atoms with Crippen LogP contribution in [-0.4, -0.2) is 22.8 Å². The van der Waals surface area contributed by atoms with Crippen LogP contribution >= 0.6 is 23.1 Å². The van der Waals surface area contributed by atoms with Crippen LogP contribution < -0.4 is 0 Å². The van der Waals surface area contributed by atoms with Crippen LogP contribution in [-0.2, 0) is 10.5 Å². The van der Waals surface area contributed by atoms with E-state index < -0.39 is 12.1 Å². The molecule has 4 nitrogen and oxygen atoms in total. The second kappa shape index (κ2) is 8.78. The number of thiazole rings is 1. The summed E-state index contributed by atoms with van der Waals surface area (Å²) in [6.45, 7) is 1.59. The van der Waals surface area contributed by atoms with Gasteiger partial charge in [0.15, 0.2) is 6.10 Å². The summed E-state index contributed by atoms with van der Waals surface area (Å²) in [5.74, 6) is 0.0721. The number of Topliss-reactive ketones (excluding diaryl/α,β-unsaturated/α-hetero) is 1. The van der Waals surface area contributed by atoms with Gasteiger partial charge < -0.3 is 4.74 Å². The number of benzene rings is 2. The van der Waals surface area contributed by atoms with Crippen molar-refractivity contribution >= 4 is 34.9 Å². The molecule has 0 aliphatic carbocycles. The first-order chi connectivity index (χ1) is 12.6. The molecule has 26 heavy (non-hydrogen) atoms. The molecule has 1 atom stereocenters. The van der Waals surface area contributed by atoms with Crippen LogP contribution in [0.5, 0.6) is 0 Å². The zero-order valence-corrected chi connectivity index (χ0v) is 15.8. The van der Waals surface area contributed by atoms with Gasteiger partial charge in [0, 0.05) is 21.6 Å². The highest BCUT2D eigenvalue weighted by Crippen LogP contribution is 2.23. The van der Waals surface area contributed by atoms with Crippen molar-refractivity contribution in [2.75, 3.05) is 0 Å². The third kappa shape index (κ3) is 4.80. The third-order valence-corrected chi connectivity index (χ3v) is 5.35. The number of esters is 1. The largest absolute Gasteiger partial charge is 0.451 e. The van der Waals surface area contributed by atoms with Gasteiger partial charge in [0.1, 0.15) is 0 Å². The Morgan fingerprint density at radius 2 is 1.81 bits per heavy atom. The molecule has 0 bridgehead atoms. The van der Waals surface area contributed by atoms with Crippen LogP contribution in [0.1, 0.15) is 33.3 Å². The molecule has 132 valence electrons. The van der Waals surface area contributed by atoms with Gasteiger partial charge in [-0.15, -0.1) is 23.1 Å². The summed E-state index contributed by atoms with van der Waals surface area (Å²) in [7, 11) is 0. The molecule has 1 heterocycles. The predicted molar refractivity (Wildman–Crippen MR) is 104 cm³/mol.